The van der Waals surface area contributed by atoms with Gasteiger partial charge in [-0.2, -0.15) is 0 Å². The van der Waals surface area contributed by atoms with E-state index in [1.54, 1.807) is 0 Å². The topological polar surface area (TPSA) is 50.4 Å². The third kappa shape index (κ3) is 3.02. The zero-order valence-corrected chi connectivity index (χ0v) is 10.9. The Morgan fingerprint density at radius 2 is 2.16 bits per heavy atom. The van der Waals surface area contributed by atoms with Gasteiger partial charge in [-0.1, -0.05) is 11.6 Å². The first-order valence-electron chi connectivity index (χ1n) is 5.72. The van der Waals surface area contributed by atoms with Crippen LogP contribution in [-0.2, 0) is 4.74 Å². The van der Waals surface area contributed by atoms with E-state index in [1.165, 1.54) is 7.11 Å². The quantitative estimate of drug-likeness (QED) is 0.826. The maximum atomic E-state index is 13.6. The van der Waals surface area contributed by atoms with Crippen molar-refractivity contribution in [1.82, 2.24) is 10.6 Å². The van der Waals surface area contributed by atoms with Gasteiger partial charge in [0.25, 0.3) is 5.91 Å². The summed E-state index contributed by atoms with van der Waals surface area (Å²) < 4.78 is 32.0. The molecule has 0 spiro atoms. The van der Waals surface area contributed by atoms with Crippen LogP contribution in [0.3, 0.4) is 0 Å². The van der Waals surface area contributed by atoms with Gasteiger partial charge in [-0.25, -0.2) is 8.78 Å². The summed E-state index contributed by atoms with van der Waals surface area (Å²) in [5.74, 6) is -2.38. The number of ether oxygens (including phenoxy) is 1. The Morgan fingerprint density at radius 3 is 2.84 bits per heavy atom. The molecule has 1 saturated heterocycles. The SMILES string of the molecule is CO[C@H]1CNCC1NC(=O)c1cc(F)c(Cl)cc1F. The fraction of sp³-hybridized carbons (Fsp3) is 0.417. The molecule has 2 atom stereocenters. The molecule has 1 heterocycles. The van der Waals surface area contributed by atoms with Gasteiger partial charge in [0.1, 0.15) is 11.6 Å². The van der Waals surface area contributed by atoms with Crippen LogP contribution < -0.4 is 10.6 Å². The first-order chi connectivity index (χ1) is 9.02. The minimum absolute atomic E-state index is 0.191. The van der Waals surface area contributed by atoms with E-state index < -0.39 is 17.5 Å². The monoisotopic (exact) mass is 290 g/mol. The molecule has 1 aliphatic heterocycles. The van der Waals surface area contributed by atoms with Crippen LogP contribution in [0.2, 0.25) is 5.02 Å². The lowest BCUT2D eigenvalue weighted by Crippen LogP contribution is -2.43. The number of rotatable bonds is 3. The number of carbonyl (C=O) groups excluding carboxylic acids is 1. The van der Waals surface area contributed by atoms with E-state index in [1.807, 2.05) is 0 Å². The molecule has 2 N–H and O–H groups in total. The lowest BCUT2D eigenvalue weighted by atomic mass is 10.1. The highest BCUT2D eigenvalue weighted by Crippen LogP contribution is 2.19. The van der Waals surface area contributed by atoms with Crippen molar-refractivity contribution in [1.29, 1.82) is 0 Å². The Morgan fingerprint density at radius 1 is 1.42 bits per heavy atom. The fourth-order valence-electron chi connectivity index (χ4n) is 1.99. The fourth-order valence-corrected chi connectivity index (χ4v) is 2.14. The molecule has 4 nitrogen and oxygen atoms in total. The van der Waals surface area contributed by atoms with Crippen molar-refractivity contribution in [3.05, 3.63) is 34.4 Å². The number of methoxy groups -OCH3 is 1. The van der Waals surface area contributed by atoms with Crippen LogP contribution in [0.4, 0.5) is 8.78 Å². The molecule has 0 radical (unpaired) electrons. The molecule has 1 amide bonds. The molecule has 0 aromatic heterocycles. The first-order valence-corrected chi connectivity index (χ1v) is 6.09. The number of nitrogens with one attached hydrogen (secondary N) is 2. The van der Waals surface area contributed by atoms with E-state index in [4.69, 9.17) is 16.3 Å². The number of amides is 1. The minimum Gasteiger partial charge on any atom is -0.378 e. The van der Waals surface area contributed by atoms with Gasteiger partial charge in [0.2, 0.25) is 0 Å². The second-order valence-corrected chi connectivity index (χ2v) is 4.67. The van der Waals surface area contributed by atoms with Crippen molar-refractivity contribution in [2.24, 2.45) is 0 Å². The number of hydrogen-bond donors (Lipinski definition) is 2. The van der Waals surface area contributed by atoms with E-state index in [0.717, 1.165) is 12.1 Å². The van der Waals surface area contributed by atoms with E-state index in [2.05, 4.69) is 10.6 Å². The summed E-state index contributed by atoms with van der Waals surface area (Å²) in [7, 11) is 1.53. The van der Waals surface area contributed by atoms with Crippen LogP contribution in [-0.4, -0.2) is 38.3 Å². The largest absolute Gasteiger partial charge is 0.378 e. The Hall–Kier alpha value is -1.24. The lowest BCUT2D eigenvalue weighted by Gasteiger charge is -2.18. The minimum atomic E-state index is -0.858. The van der Waals surface area contributed by atoms with Gasteiger partial charge in [0.05, 0.1) is 22.7 Å². The first kappa shape index (κ1) is 14.2. The second-order valence-electron chi connectivity index (χ2n) is 4.26. The van der Waals surface area contributed by atoms with Gasteiger partial charge in [0, 0.05) is 20.2 Å². The Kier molecular flexibility index (Phi) is 4.34. The third-order valence-electron chi connectivity index (χ3n) is 3.03. The van der Waals surface area contributed by atoms with E-state index in [-0.39, 0.29) is 22.7 Å². The standard InChI is InChI=1S/C12H13ClF2N2O2/c1-19-11-5-16-4-10(11)17-12(18)6-2-9(15)7(13)3-8(6)14/h2-3,10-11,16H,4-5H2,1H3,(H,17,18)/t10?,11-/m0/s1. The normalized spacial score (nSPS) is 22.5. The summed E-state index contributed by atoms with van der Waals surface area (Å²) in [6, 6.07) is 1.29. The Balaban J connectivity index is 2.14. The average Bonchev–Trinajstić information content (AvgIpc) is 2.80. The number of benzene rings is 1. The van der Waals surface area contributed by atoms with Crippen LogP contribution in [0.15, 0.2) is 12.1 Å². The Bertz CT molecular complexity index is 499. The molecule has 7 heteroatoms. The molecule has 1 aromatic carbocycles. The van der Waals surface area contributed by atoms with Crippen LogP contribution in [0.1, 0.15) is 10.4 Å². The Labute approximate surface area is 114 Å². The molecule has 0 aliphatic carbocycles. The summed E-state index contributed by atoms with van der Waals surface area (Å²) in [6.45, 7) is 1.11. The predicted octanol–water partition coefficient (Wildman–Crippen LogP) is 1.33. The molecule has 19 heavy (non-hydrogen) atoms. The summed E-state index contributed by atoms with van der Waals surface area (Å²) in [6.07, 6.45) is -0.191. The summed E-state index contributed by atoms with van der Waals surface area (Å²) in [4.78, 5) is 11.9. The van der Waals surface area contributed by atoms with Crippen molar-refractivity contribution < 1.29 is 18.3 Å². The highest BCUT2D eigenvalue weighted by atomic mass is 35.5. The highest BCUT2D eigenvalue weighted by molar-refractivity contribution is 6.30. The van der Waals surface area contributed by atoms with E-state index >= 15 is 0 Å². The predicted molar refractivity (Wildman–Crippen MR) is 66.3 cm³/mol. The van der Waals surface area contributed by atoms with Gasteiger partial charge in [-0.3, -0.25) is 4.79 Å². The molecule has 1 aliphatic rings. The maximum absolute atomic E-state index is 13.6. The van der Waals surface area contributed by atoms with Gasteiger partial charge in [-0.05, 0) is 12.1 Å². The zero-order chi connectivity index (χ0) is 14.0. The number of carbonyl (C=O) groups is 1. The van der Waals surface area contributed by atoms with Crippen LogP contribution in [0.25, 0.3) is 0 Å². The van der Waals surface area contributed by atoms with Crippen molar-refractivity contribution in [2.75, 3.05) is 20.2 Å². The number of halogens is 3. The van der Waals surface area contributed by atoms with Crippen molar-refractivity contribution >= 4 is 17.5 Å². The van der Waals surface area contributed by atoms with Crippen LogP contribution in [0.5, 0.6) is 0 Å². The maximum Gasteiger partial charge on any atom is 0.254 e. The highest BCUT2D eigenvalue weighted by Gasteiger charge is 2.29. The van der Waals surface area contributed by atoms with E-state index in [0.29, 0.717) is 13.1 Å². The van der Waals surface area contributed by atoms with Gasteiger partial charge in [-0.15, -0.1) is 0 Å². The van der Waals surface area contributed by atoms with Gasteiger partial charge in [0.15, 0.2) is 0 Å². The molecule has 2 rings (SSSR count). The van der Waals surface area contributed by atoms with Crippen LogP contribution >= 0.6 is 11.6 Å². The van der Waals surface area contributed by atoms with Crippen molar-refractivity contribution in [3.63, 3.8) is 0 Å². The molecule has 1 unspecified atom stereocenters. The van der Waals surface area contributed by atoms with Crippen molar-refractivity contribution in [3.8, 4) is 0 Å². The molecule has 1 fully saturated rings. The summed E-state index contributed by atoms with van der Waals surface area (Å²) >= 11 is 5.43. The molecule has 0 saturated carbocycles. The van der Waals surface area contributed by atoms with E-state index in [9.17, 15) is 13.6 Å². The third-order valence-corrected chi connectivity index (χ3v) is 3.32. The summed E-state index contributed by atoms with van der Waals surface area (Å²) in [5.41, 5.74) is -0.372. The van der Waals surface area contributed by atoms with Crippen LogP contribution in [0, 0.1) is 11.6 Å². The molecular weight excluding hydrogens is 278 g/mol. The second kappa shape index (κ2) is 5.81. The summed E-state index contributed by atoms with van der Waals surface area (Å²) in [5, 5.41) is 5.29. The van der Waals surface area contributed by atoms with Gasteiger partial charge < -0.3 is 15.4 Å². The lowest BCUT2D eigenvalue weighted by molar-refractivity contribution is 0.0776. The average molecular weight is 291 g/mol. The molecule has 104 valence electrons. The molecule has 1 aromatic rings. The smallest absolute Gasteiger partial charge is 0.254 e. The van der Waals surface area contributed by atoms with Crippen molar-refractivity contribution in [2.45, 2.75) is 12.1 Å². The molecular formula is C12H13ClF2N2O2. The molecule has 0 bridgehead atoms. The van der Waals surface area contributed by atoms with Gasteiger partial charge >= 0.3 is 0 Å². The zero-order valence-electron chi connectivity index (χ0n) is 10.2. The number of hydrogen-bond acceptors (Lipinski definition) is 3.